The lowest BCUT2D eigenvalue weighted by Crippen LogP contribution is -2.39. The molecule has 4 heterocycles. The summed E-state index contributed by atoms with van der Waals surface area (Å²) in [5, 5.41) is 16.6. The Morgan fingerprint density at radius 2 is 2.07 bits per heavy atom. The van der Waals surface area contributed by atoms with Crippen molar-refractivity contribution in [1.29, 1.82) is 0 Å². The predicted octanol–water partition coefficient (Wildman–Crippen LogP) is 2.73. The Morgan fingerprint density at radius 1 is 1.24 bits per heavy atom. The van der Waals surface area contributed by atoms with E-state index in [-0.39, 0.29) is 11.6 Å². The zero-order valence-electron chi connectivity index (χ0n) is 15.7. The second-order valence-corrected chi connectivity index (χ2v) is 7.31. The van der Waals surface area contributed by atoms with Gasteiger partial charge in [-0.3, -0.25) is 4.40 Å². The standard InChI is InChI=1S/C19H21F3N6O/c1-18(29,19(20,21)22)12-4-5-16-25-10-15(28(16)11-12)14-6-8-24-17(27-14)26-13-3-2-7-23-9-13/h4-6,8,10-11,13,23,29H,2-3,7,9H2,1H3,(H,24,26,27)/t13?,18-/m0/s1. The number of nitrogens with one attached hydrogen (secondary N) is 2. The van der Waals surface area contributed by atoms with Gasteiger partial charge < -0.3 is 15.7 Å². The zero-order chi connectivity index (χ0) is 20.6. The second kappa shape index (κ2) is 7.27. The summed E-state index contributed by atoms with van der Waals surface area (Å²) in [6.45, 7) is 2.54. The van der Waals surface area contributed by atoms with Crippen molar-refractivity contribution in [3.05, 3.63) is 42.4 Å². The van der Waals surface area contributed by atoms with E-state index in [1.54, 1.807) is 12.3 Å². The molecule has 3 aromatic heterocycles. The van der Waals surface area contributed by atoms with Crippen LogP contribution in [0.3, 0.4) is 0 Å². The van der Waals surface area contributed by atoms with Gasteiger partial charge in [-0.15, -0.1) is 0 Å². The van der Waals surface area contributed by atoms with E-state index in [0.29, 0.717) is 23.0 Å². The maximum Gasteiger partial charge on any atom is 0.421 e. The van der Waals surface area contributed by atoms with Gasteiger partial charge in [0.05, 0.1) is 17.6 Å². The topological polar surface area (TPSA) is 87.4 Å². The summed E-state index contributed by atoms with van der Waals surface area (Å²) in [5.41, 5.74) is -1.78. The SMILES string of the molecule is C[C@](O)(c1ccc2ncc(-c3ccnc(NC4CCCNC4)n3)n2c1)C(F)(F)F. The summed E-state index contributed by atoms with van der Waals surface area (Å²) in [5.74, 6) is 0.449. The van der Waals surface area contributed by atoms with Crippen LogP contribution in [0.15, 0.2) is 36.8 Å². The van der Waals surface area contributed by atoms with Crippen LogP contribution in [0.2, 0.25) is 0 Å². The highest BCUT2D eigenvalue weighted by atomic mass is 19.4. The van der Waals surface area contributed by atoms with Gasteiger partial charge in [0.2, 0.25) is 5.95 Å². The molecular weight excluding hydrogens is 385 g/mol. The van der Waals surface area contributed by atoms with Crippen LogP contribution in [-0.2, 0) is 5.60 Å². The lowest BCUT2D eigenvalue weighted by atomic mass is 9.97. The van der Waals surface area contributed by atoms with Gasteiger partial charge in [0, 0.05) is 30.5 Å². The van der Waals surface area contributed by atoms with Crippen LogP contribution >= 0.6 is 0 Å². The maximum absolute atomic E-state index is 13.2. The number of aromatic nitrogens is 4. The van der Waals surface area contributed by atoms with Crippen molar-refractivity contribution in [3.8, 4) is 11.4 Å². The van der Waals surface area contributed by atoms with Gasteiger partial charge in [-0.2, -0.15) is 13.2 Å². The number of alkyl halides is 3. The lowest BCUT2D eigenvalue weighted by molar-refractivity contribution is -0.259. The van der Waals surface area contributed by atoms with Gasteiger partial charge in [0.15, 0.2) is 5.60 Å². The molecule has 0 saturated carbocycles. The quantitative estimate of drug-likeness (QED) is 0.618. The number of pyridine rings is 1. The summed E-state index contributed by atoms with van der Waals surface area (Å²) in [4.78, 5) is 13.0. The number of piperidine rings is 1. The number of rotatable bonds is 4. The third-order valence-electron chi connectivity index (χ3n) is 5.17. The van der Waals surface area contributed by atoms with Gasteiger partial charge >= 0.3 is 6.18 Å². The summed E-state index contributed by atoms with van der Waals surface area (Å²) >= 11 is 0. The first-order valence-electron chi connectivity index (χ1n) is 9.33. The first-order chi connectivity index (χ1) is 13.8. The van der Waals surface area contributed by atoms with Crippen molar-refractivity contribution in [1.82, 2.24) is 24.7 Å². The number of imidazole rings is 1. The molecule has 7 nitrogen and oxygen atoms in total. The molecule has 1 aliphatic rings. The molecule has 4 rings (SSSR count). The van der Waals surface area contributed by atoms with Gasteiger partial charge in [-0.05, 0) is 38.4 Å². The Hall–Kier alpha value is -2.72. The number of hydrogen-bond donors (Lipinski definition) is 3. The first-order valence-corrected chi connectivity index (χ1v) is 9.33. The molecule has 3 N–H and O–H groups in total. The fourth-order valence-electron chi connectivity index (χ4n) is 3.35. The van der Waals surface area contributed by atoms with Crippen LogP contribution in [0.4, 0.5) is 19.1 Å². The summed E-state index contributed by atoms with van der Waals surface area (Å²) in [7, 11) is 0. The molecule has 154 valence electrons. The van der Waals surface area contributed by atoms with Gasteiger partial charge in [0.25, 0.3) is 0 Å². The molecule has 1 aliphatic heterocycles. The first kappa shape index (κ1) is 19.6. The van der Waals surface area contributed by atoms with Crippen LogP contribution in [0.1, 0.15) is 25.3 Å². The fraction of sp³-hybridized carbons (Fsp3) is 0.421. The highest BCUT2D eigenvalue weighted by molar-refractivity contribution is 5.61. The third kappa shape index (κ3) is 3.77. The van der Waals surface area contributed by atoms with E-state index in [1.807, 2.05) is 0 Å². The average Bonchev–Trinajstić information content (AvgIpc) is 3.11. The Kier molecular flexibility index (Phi) is 4.91. The molecule has 2 atom stereocenters. The number of fused-ring (bicyclic) bond motifs is 1. The molecule has 1 saturated heterocycles. The number of anilines is 1. The van der Waals surface area contributed by atoms with Crippen molar-refractivity contribution < 1.29 is 18.3 Å². The largest absolute Gasteiger partial charge is 0.421 e. The van der Waals surface area contributed by atoms with Crippen LogP contribution in [-0.4, -0.2) is 49.8 Å². The summed E-state index contributed by atoms with van der Waals surface area (Å²) in [6.07, 6.45) is 1.64. The minimum atomic E-state index is -4.80. The summed E-state index contributed by atoms with van der Waals surface area (Å²) in [6, 6.07) is 4.55. The highest BCUT2D eigenvalue weighted by Crippen LogP contribution is 2.38. The average molecular weight is 406 g/mol. The summed E-state index contributed by atoms with van der Waals surface area (Å²) < 4.78 is 41.2. The smallest absolute Gasteiger partial charge is 0.376 e. The molecule has 0 spiro atoms. The molecule has 0 amide bonds. The third-order valence-corrected chi connectivity index (χ3v) is 5.17. The lowest BCUT2D eigenvalue weighted by Gasteiger charge is -2.26. The van der Waals surface area contributed by atoms with E-state index in [0.717, 1.165) is 32.9 Å². The van der Waals surface area contributed by atoms with Crippen LogP contribution in [0, 0.1) is 0 Å². The van der Waals surface area contributed by atoms with Crippen molar-refractivity contribution in [2.45, 2.75) is 37.6 Å². The molecule has 0 bridgehead atoms. The molecule has 3 aromatic rings. The minimum absolute atomic E-state index is 0.217. The minimum Gasteiger partial charge on any atom is -0.376 e. The van der Waals surface area contributed by atoms with Crippen molar-refractivity contribution in [3.63, 3.8) is 0 Å². The van der Waals surface area contributed by atoms with Gasteiger partial charge in [0.1, 0.15) is 5.65 Å². The number of hydrogen-bond acceptors (Lipinski definition) is 6. The van der Waals surface area contributed by atoms with E-state index in [4.69, 9.17) is 0 Å². The number of nitrogens with zero attached hydrogens (tertiary/aromatic N) is 4. The molecule has 0 radical (unpaired) electrons. The van der Waals surface area contributed by atoms with E-state index in [1.165, 1.54) is 28.9 Å². The normalized spacial score (nSPS) is 19.8. The van der Waals surface area contributed by atoms with Crippen molar-refractivity contribution >= 4 is 11.6 Å². The monoisotopic (exact) mass is 406 g/mol. The molecule has 29 heavy (non-hydrogen) atoms. The Balaban J connectivity index is 1.69. The number of aliphatic hydroxyl groups is 1. The fourth-order valence-corrected chi connectivity index (χ4v) is 3.35. The molecule has 0 aliphatic carbocycles. The predicted molar refractivity (Wildman–Crippen MR) is 101 cm³/mol. The highest BCUT2D eigenvalue weighted by Gasteiger charge is 2.51. The van der Waals surface area contributed by atoms with E-state index >= 15 is 0 Å². The Labute approximate surface area is 165 Å². The molecule has 0 aromatic carbocycles. The molecular formula is C19H21F3N6O. The van der Waals surface area contributed by atoms with Crippen LogP contribution < -0.4 is 10.6 Å². The van der Waals surface area contributed by atoms with Gasteiger partial charge in [-0.25, -0.2) is 15.0 Å². The maximum atomic E-state index is 13.2. The van der Waals surface area contributed by atoms with E-state index in [9.17, 15) is 18.3 Å². The van der Waals surface area contributed by atoms with E-state index in [2.05, 4.69) is 25.6 Å². The van der Waals surface area contributed by atoms with Crippen LogP contribution in [0.5, 0.6) is 0 Å². The molecule has 1 fully saturated rings. The van der Waals surface area contributed by atoms with Gasteiger partial charge in [-0.1, -0.05) is 6.07 Å². The molecule has 10 heteroatoms. The Bertz CT molecular complexity index is 1010. The second-order valence-electron chi connectivity index (χ2n) is 7.31. The van der Waals surface area contributed by atoms with Crippen LogP contribution in [0.25, 0.3) is 17.0 Å². The van der Waals surface area contributed by atoms with Crippen molar-refractivity contribution in [2.75, 3.05) is 18.4 Å². The van der Waals surface area contributed by atoms with E-state index < -0.39 is 11.8 Å². The van der Waals surface area contributed by atoms with Crippen molar-refractivity contribution in [2.24, 2.45) is 0 Å². The Morgan fingerprint density at radius 3 is 2.79 bits per heavy atom. The zero-order valence-corrected chi connectivity index (χ0v) is 15.7. The number of halogens is 3. The molecule has 1 unspecified atom stereocenters.